The molecule has 2 nitrogen and oxygen atoms in total. The molecule has 0 bridgehead atoms. The fourth-order valence-electron chi connectivity index (χ4n) is 1.09. The minimum absolute atomic E-state index is 0.0243. The summed E-state index contributed by atoms with van der Waals surface area (Å²) in [5.41, 5.74) is 0.943. The molecular formula is C10H14N2S. The zero-order valence-electron chi connectivity index (χ0n) is 8.24. The van der Waals surface area contributed by atoms with Gasteiger partial charge in [0.1, 0.15) is 0 Å². The molecule has 0 radical (unpaired) electrons. The highest BCUT2D eigenvalue weighted by Gasteiger charge is 2.13. The Labute approximate surface area is 83.2 Å². The molecule has 0 aliphatic heterocycles. The van der Waals surface area contributed by atoms with E-state index in [9.17, 15) is 0 Å². The Kier molecular flexibility index (Phi) is 3.44. The number of aromatic nitrogens is 1. The monoisotopic (exact) mass is 194 g/mol. The van der Waals surface area contributed by atoms with Gasteiger partial charge in [0.25, 0.3) is 0 Å². The molecule has 1 heterocycles. The second kappa shape index (κ2) is 4.38. The molecule has 0 saturated carbocycles. The first-order valence-corrected chi connectivity index (χ1v) is 5.42. The van der Waals surface area contributed by atoms with E-state index >= 15 is 0 Å². The molecule has 1 aromatic rings. The second-order valence-electron chi connectivity index (χ2n) is 3.36. The maximum absolute atomic E-state index is 8.84. The summed E-state index contributed by atoms with van der Waals surface area (Å²) in [4.78, 5) is 4.45. The van der Waals surface area contributed by atoms with Crippen LogP contribution in [-0.2, 0) is 0 Å². The Morgan fingerprint density at radius 3 is 2.69 bits per heavy atom. The van der Waals surface area contributed by atoms with E-state index in [0.717, 1.165) is 17.1 Å². The van der Waals surface area contributed by atoms with Crippen LogP contribution in [0.3, 0.4) is 0 Å². The summed E-state index contributed by atoms with van der Waals surface area (Å²) < 4.78 is 0. The first-order chi connectivity index (χ1) is 6.19. The van der Waals surface area contributed by atoms with E-state index < -0.39 is 0 Å². The van der Waals surface area contributed by atoms with Gasteiger partial charge in [-0.1, -0.05) is 20.8 Å². The van der Waals surface area contributed by atoms with Crippen LogP contribution in [0, 0.1) is 11.3 Å². The highest BCUT2D eigenvalue weighted by molar-refractivity contribution is 7.09. The van der Waals surface area contributed by atoms with Gasteiger partial charge >= 0.3 is 0 Å². The lowest BCUT2D eigenvalue weighted by molar-refractivity contribution is 0.772. The van der Waals surface area contributed by atoms with Crippen molar-refractivity contribution in [1.82, 2.24) is 4.98 Å². The minimum atomic E-state index is -0.0243. The number of thiazole rings is 1. The highest BCUT2D eigenvalue weighted by atomic mass is 32.1. The predicted octanol–water partition coefficient (Wildman–Crippen LogP) is 3.28. The molecule has 13 heavy (non-hydrogen) atoms. The minimum Gasteiger partial charge on any atom is -0.245 e. The lowest BCUT2D eigenvalue weighted by Crippen LogP contribution is -1.95. The summed E-state index contributed by atoms with van der Waals surface area (Å²) in [5, 5.41) is 12.0. The molecular weight excluding hydrogens is 180 g/mol. The van der Waals surface area contributed by atoms with Crippen LogP contribution in [0.25, 0.3) is 0 Å². The quantitative estimate of drug-likeness (QED) is 0.740. The Hall–Kier alpha value is -0.880. The van der Waals surface area contributed by atoms with Crippen molar-refractivity contribution in [2.24, 2.45) is 0 Å². The van der Waals surface area contributed by atoms with E-state index in [1.54, 1.807) is 11.3 Å². The molecule has 0 spiro atoms. The van der Waals surface area contributed by atoms with Crippen molar-refractivity contribution in [1.29, 1.82) is 5.26 Å². The summed E-state index contributed by atoms with van der Waals surface area (Å²) in [7, 11) is 0. The normalized spacial score (nSPS) is 12.8. The van der Waals surface area contributed by atoms with E-state index in [0.29, 0.717) is 5.92 Å². The number of rotatable bonds is 3. The molecule has 70 valence electrons. The van der Waals surface area contributed by atoms with Gasteiger partial charge < -0.3 is 0 Å². The predicted molar refractivity (Wildman–Crippen MR) is 54.8 cm³/mol. The van der Waals surface area contributed by atoms with Gasteiger partial charge in [0.05, 0.1) is 22.7 Å². The van der Waals surface area contributed by atoms with Crippen LogP contribution in [-0.4, -0.2) is 4.98 Å². The Morgan fingerprint density at radius 1 is 1.62 bits per heavy atom. The molecule has 0 fully saturated rings. The van der Waals surface area contributed by atoms with Crippen molar-refractivity contribution in [2.45, 2.75) is 39.0 Å². The number of nitrogens with zero attached hydrogens (tertiary/aromatic N) is 2. The Morgan fingerprint density at radius 2 is 2.31 bits per heavy atom. The van der Waals surface area contributed by atoms with Crippen molar-refractivity contribution in [3.8, 4) is 6.07 Å². The highest BCUT2D eigenvalue weighted by Crippen LogP contribution is 2.25. The lowest BCUT2D eigenvalue weighted by atomic mass is 10.1. The first kappa shape index (κ1) is 10.2. The van der Waals surface area contributed by atoms with Crippen LogP contribution in [0.15, 0.2) is 5.38 Å². The third kappa shape index (κ3) is 2.28. The van der Waals surface area contributed by atoms with Crippen LogP contribution >= 0.6 is 11.3 Å². The van der Waals surface area contributed by atoms with Gasteiger partial charge in [-0.15, -0.1) is 11.3 Å². The van der Waals surface area contributed by atoms with Gasteiger partial charge in [-0.05, 0) is 6.42 Å². The van der Waals surface area contributed by atoms with Crippen molar-refractivity contribution in [3.63, 3.8) is 0 Å². The molecule has 1 aromatic heterocycles. The third-order valence-electron chi connectivity index (χ3n) is 1.95. The molecule has 1 rings (SSSR count). The topological polar surface area (TPSA) is 36.7 Å². The number of hydrogen-bond donors (Lipinski definition) is 0. The largest absolute Gasteiger partial charge is 0.245 e. The molecule has 0 saturated heterocycles. The summed E-state index contributed by atoms with van der Waals surface area (Å²) in [5.74, 6) is 0.443. The van der Waals surface area contributed by atoms with Crippen LogP contribution in [0.2, 0.25) is 0 Å². The molecule has 1 unspecified atom stereocenters. The van der Waals surface area contributed by atoms with Gasteiger partial charge in [-0.25, -0.2) is 4.98 Å². The van der Waals surface area contributed by atoms with Gasteiger partial charge in [-0.3, -0.25) is 0 Å². The molecule has 0 aromatic carbocycles. The van der Waals surface area contributed by atoms with E-state index in [4.69, 9.17) is 5.26 Å². The van der Waals surface area contributed by atoms with Crippen LogP contribution in [0.1, 0.15) is 49.7 Å². The van der Waals surface area contributed by atoms with Crippen LogP contribution < -0.4 is 0 Å². The maximum Gasteiger partial charge on any atom is 0.0954 e. The smallest absolute Gasteiger partial charge is 0.0954 e. The average Bonchev–Trinajstić information content (AvgIpc) is 2.56. The molecule has 0 amide bonds. The summed E-state index contributed by atoms with van der Waals surface area (Å²) >= 11 is 1.65. The fraction of sp³-hybridized carbons (Fsp3) is 0.600. The van der Waals surface area contributed by atoms with E-state index in [2.05, 4.69) is 24.9 Å². The molecule has 0 aliphatic rings. The summed E-state index contributed by atoms with van der Waals surface area (Å²) in [6.07, 6.45) is 0.845. The van der Waals surface area contributed by atoms with Gasteiger partial charge in [0.15, 0.2) is 0 Å². The van der Waals surface area contributed by atoms with E-state index in [1.165, 1.54) is 0 Å². The first-order valence-electron chi connectivity index (χ1n) is 4.54. The van der Waals surface area contributed by atoms with Crippen molar-refractivity contribution < 1.29 is 0 Å². The summed E-state index contributed by atoms with van der Waals surface area (Å²) in [6, 6.07) is 2.26. The van der Waals surface area contributed by atoms with Gasteiger partial charge in [-0.2, -0.15) is 5.26 Å². The number of nitriles is 1. The van der Waals surface area contributed by atoms with Crippen LogP contribution in [0.5, 0.6) is 0 Å². The standard InChI is InChI=1S/C10H14N2S/c1-4-8(5-11)9-6-13-10(12-9)7(2)3/h6-8H,4H2,1-3H3. The maximum atomic E-state index is 8.84. The Bertz CT molecular complexity index is 309. The molecule has 1 atom stereocenters. The van der Waals surface area contributed by atoms with E-state index in [1.807, 2.05) is 12.3 Å². The SMILES string of the molecule is CCC(C#N)c1csc(C(C)C)n1. The molecule has 0 aliphatic carbocycles. The van der Waals surface area contributed by atoms with Crippen molar-refractivity contribution >= 4 is 11.3 Å². The summed E-state index contributed by atoms with van der Waals surface area (Å²) in [6.45, 7) is 6.26. The molecule has 3 heteroatoms. The zero-order chi connectivity index (χ0) is 9.84. The lowest BCUT2D eigenvalue weighted by Gasteiger charge is -2.00. The van der Waals surface area contributed by atoms with Crippen molar-refractivity contribution in [2.75, 3.05) is 0 Å². The van der Waals surface area contributed by atoms with Crippen molar-refractivity contribution in [3.05, 3.63) is 16.1 Å². The number of hydrogen-bond acceptors (Lipinski definition) is 3. The molecule has 0 N–H and O–H groups in total. The van der Waals surface area contributed by atoms with Gasteiger partial charge in [0.2, 0.25) is 0 Å². The zero-order valence-corrected chi connectivity index (χ0v) is 9.06. The third-order valence-corrected chi connectivity index (χ3v) is 3.12. The Balaban J connectivity index is 2.85. The average molecular weight is 194 g/mol. The second-order valence-corrected chi connectivity index (χ2v) is 4.24. The fourth-order valence-corrected chi connectivity index (χ4v) is 1.98. The van der Waals surface area contributed by atoms with Gasteiger partial charge in [0, 0.05) is 11.3 Å². The van der Waals surface area contributed by atoms with Crippen LogP contribution in [0.4, 0.5) is 0 Å². The van der Waals surface area contributed by atoms with E-state index in [-0.39, 0.29) is 5.92 Å².